The van der Waals surface area contributed by atoms with Gasteiger partial charge in [0.1, 0.15) is 0 Å². The van der Waals surface area contributed by atoms with Crippen LogP contribution in [0, 0.1) is 5.92 Å². The predicted octanol–water partition coefficient (Wildman–Crippen LogP) is 1.50. The minimum Gasteiger partial charge on any atom is -0.381 e. The lowest BCUT2D eigenvalue weighted by Gasteiger charge is -2.36. The number of hydrogen-bond donors (Lipinski definition) is 0. The van der Waals surface area contributed by atoms with Gasteiger partial charge in [-0.2, -0.15) is 0 Å². The number of likely N-dealkylation sites (N-methyl/N-ethyl adjacent to an activating group) is 1. The number of nitrogens with zero attached hydrogens (tertiary/aromatic N) is 2. The Hall–Kier alpha value is -0.610. The van der Waals surface area contributed by atoms with Gasteiger partial charge in [-0.25, -0.2) is 0 Å². The van der Waals surface area contributed by atoms with Crippen molar-refractivity contribution in [2.75, 3.05) is 33.4 Å². The van der Waals surface area contributed by atoms with E-state index in [9.17, 15) is 4.79 Å². The Bertz CT molecular complexity index is 328. The molecule has 0 aliphatic carbocycles. The van der Waals surface area contributed by atoms with E-state index in [0.717, 1.165) is 32.6 Å². The van der Waals surface area contributed by atoms with Gasteiger partial charge in [0.15, 0.2) is 0 Å². The molecule has 3 aliphatic rings. The standard InChI is InChI=1S/C15H26N2O2/c1-16-8-2-4-13(16)14-5-3-9-17(14)15(18)12-6-10-19-11-7-12/h12-14H,2-11H2,1H3/t13-,14+/m1/s1. The van der Waals surface area contributed by atoms with E-state index in [-0.39, 0.29) is 5.92 Å². The zero-order valence-electron chi connectivity index (χ0n) is 12.0. The molecule has 3 heterocycles. The van der Waals surface area contributed by atoms with Gasteiger partial charge in [0.2, 0.25) is 5.91 Å². The number of hydrogen-bond acceptors (Lipinski definition) is 3. The lowest BCUT2D eigenvalue weighted by Crippen LogP contribution is -2.49. The summed E-state index contributed by atoms with van der Waals surface area (Å²) in [5.41, 5.74) is 0. The molecule has 3 aliphatic heterocycles. The highest BCUT2D eigenvalue weighted by Crippen LogP contribution is 2.31. The molecule has 0 aromatic rings. The van der Waals surface area contributed by atoms with Crippen LogP contribution in [-0.4, -0.2) is 61.1 Å². The van der Waals surface area contributed by atoms with Gasteiger partial charge in [0, 0.05) is 37.8 Å². The van der Waals surface area contributed by atoms with E-state index in [1.54, 1.807) is 0 Å². The van der Waals surface area contributed by atoms with Crippen molar-refractivity contribution >= 4 is 5.91 Å². The summed E-state index contributed by atoms with van der Waals surface area (Å²) in [6.07, 6.45) is 6.77. The minimum atomic E-state index is 0.223. The summed E-state index contributed by atoms with van der Waals surface area (Å²) in [6.45, 7) is 3.70. The quantitative estimate of drug-likeness (QED) is 0.759. The van der Waals surface area contributed by atoms with Gasteiger partial charge in [-0.15, -0.1) is 0 Å². The summed E-state index contributed by atoms with van der Waals surface area (Å²) in [4.78, 5) is 17.4. The van der Waals surface area contributed by atoms with E-state index in [2.05, 4.69) is 16.8 Å². The van der Waals surface area contributed by atoms with Gasteiger partial charge in [-0.05, 0) is 52.1 Å². The van der Waals surface area contributed by atoms with Crippen LogP contribution in [0.3, 0.4) is 0 Å². The average molecular weight is 266 g/mol. The van der Waals surface area contributed by atoms with Crippen molar-refractivity contribution in [3.8, 4) is 0 Å². The number of carbonyl (C=O) groups excluding carboxylic acids is 1. The Morgan fingerprint density at radius 3 is 2.37 bits per heavy atom. The third-order valence-corrected chi connectivity index (χ3v) is 5.17. The van der Waals surface area contributed by atoms with Gasteiger partial charge >= 0.3 is 0 Å². The molecule has 0 aromatic heterocycles. The number of amides is 1. The van der Waals surface area contributed by atoms with Gasteiger partial charge in [0.05, 0.1) is 0 Å². The molecule has 3 rings (SSSR count). The third kappa shape index (κ3) is 2.65. The SMILES string of the molecule is CN1CCC[C@@H]1[C@@H]1CCCN1C(=O)C1CCOCC1. The van der Waals surface area contributed by atoms with Crippen molar-refractivity contribution < 1.29 is 9.53 Å². The van der Waals surface area contributed by atoms with Crippen LogP contribution in [0.2, 0.25) is 0 Å². The van der Waals surface area contributed by atoms with Gasteiger partial charge in [-0.1, -0.05) is 0 Å². The summed E-state index contributed by atoms with van der Waals surface area (Å²) in [5.74, 6) is 0.632. The molecular weight excluding hydrogens is 240 g/mol. The van der Waals surface area contributed by atoms with E-state index in [1.807, 2.05) is 0 Å². The Morgan fingerprint density at radius 2 is 1.68 bits per heavy atom. The molecule has 4 nitrogen and oxygen atoms in total. The number of ether oxygens (including phenoxy) is 1. The third-order valence-electron chi connectivity index (χ3n) is 5.17. The number of likely N-dealkylation sites (tertiary alicyclic amines) is 2. The van der Waals surface area contributed by atoms with Crippen molar-refractivity contribution in [3.63, 3.8) is 0 Å². The first-order valence-corrected chi connectivity index (χ1v) is 7.86. The molecule has 3 fully saturated rings. The lowest BCUT2D eigenvalue weighted by atomic mass is 9.96. The summed E-state index contributed by atoms with van der Waals surface area (Å²) in [6, 6.07) is 1.08. The van der Waals surface area contributed by atoms with Crippen molar-refractivity contribution in [2.45, 2.75) is 50.6 Å². The predicted molar refractivity (Wildman–Crippen MR) is 73.9 cm³/mol. The Balaban J connectivity index is 1.66. The van der Waals surface area contributed by atoms with Crippen molar-refractivity contribution in [3.05, 3.63) is 0 Å². The van der Waals surface area contributed by atoms with Gasteiger partial charge in [-0.3, -0.25) is 4.79 Å². The zero-order valence-corrected chi connectivity index (χ0v) is 12.0. The summed E-state index contributed by atoms with van der Waals surface area (Å²) in [7, 11) is 2.22. The molecule has 0 bridgehead atoms. The zero-order chi connectivity index (χ0) is 13.2. The molecule has 0 radical (unpaired) electrons. The van der Waals surface area contributed by atoms with Crippen LogP contribution < -0.4 is 0 Å². The molecule has 3 saturated heterocycles. The lowest BCUT2D eigenvalue weighted by molar-refractivity contribution is -0.140. The van der Waals surface area contributed by atoms with Crippen LogP contribution >= 0.6 is 0 Å². The van der Waals surface area contributed by atoms with Crippen LogP contribution in [0.5, 0.6) is 0 Å². The first-order chi connectivity index (χ1) is 9.27. The Kier molecular flexibility index (Phi) is 4.08. The molecule has 0 saturated carbocycles. The molecule has 4 heteroatoms. The fourth-order valence-electron chi connectivity index (χ4n) is 4.07. The summed E-state index contributed by atoms with van der Waals surface area (Å²) in [5, 5.41) is 0. The highest BCUT2D eigenvalue weighted by atomic mass is 16.5. The van der Waals surface area contributed by atoms with E-state index in [4.69, 9.17) is 4.74 Å². The smallest absolute Gasteiger partial charge is 0.226 e. The maximum absolute atomic E-state index is 12.7. The van der Waals surface area contributed by atoms with E-state index in [1.165, 1.54) is 32.2 Å². The summed E-state index contributed by atoms with van der Waals surface area (Å²) < 4.78 is 5.38. The molecule has 2 atom stereocenters. The van der Waals surface area contributed by atoms with E-state index < -0.39 is 0 Å². The second-order valence-electron chi connectivity index (χ2n) is 6.32. The molecule has 0 N–H and O–H groups in total. The molecular formula is C15H26N2O2. The average Bonchev–Trinajstić information content (AvgIpc) is 3.07. The maximum Gasteiger partial charge on any atom is 0.226 e. The second-order valence-corrected chi connectivity index (χ2v) is 6.32. The normalized spacial score (nSPS) is 34.1. The summed E-state index contributed by atoms with van der Waals surface area (Å²) >= 11 is 0. The van der Waals surface area contributed by atoms with Crippen molar-refractivity contribution in [1.82, 2.24) is 9.80 Å². The van der Waals surface area contributed by atoms with Crippen LogP contribution in [0.15, 0.2) is 0 Å². The Labute approximate surface area is 116 Å². The fourth-order valence-corrected chi connectivity index (χ4v) is 4.07. The van der Waals surface area contributed by atoms with E-state index in [0.29, 0.717) is 18.0 Å². The van der Waals surface area contributed by atoms with Gasteiger partial charge in [0.25, 0.3) is 0 Å². The number of carbonyl (C=O) groups is 1. The van der Waals surface area contributed by atoms with E-state index >= 15 is 0 Å². The highest BCUT2D eigenvalue weighted by Gasteiger charge is 2.40. The van der Waals surface area contributed by atoms with Crippen LogP contribution in [-0.2, 0) is 9.53 Å². The fraction of sp³-hybridized carbons (Fsp3) is 0.933. The van der Waals surface area contributed by atoms with Crippen LogP contribution in [0.25, 0.3) is 0 Å². The maximum atomic E-state index is 12.7. The second kappa shape index (κ2) is 5.80. The van der Waals surface area contributed by atoms with Crippen LogP contribution in [0.1, 0.15) is 38.5 Å². The van der Waals surface area contributed by atoms with Crippen molar-refractivity contribution in [1.29, 1.82) is 0 Å². The van der Waals surface area contributed by atoms with Crippen LogP contribution in [0.4, 0.5) is 0 Å². The molecule has 0 aromatic carbocycles. The van der Waals surface area contributed by atoms with Gasteiger partial charge < -0.3 is 14.5 Å². The molecule has 0 spiro atoms. The van der Waals surface area contributed by atoms with Crippen molar-refractivity contribution in [2.24, 2.45) is 5.92 Å². The first-order valence-electron chi connectivity index (χ1n) is 7.86. The minimum absolute atomic E-state index is 0.223. The molecule has 19 heavy (non-hydrogen) atoms. The topological polar surface area (TPSA) is 32.8 Å². The molecule has 0 unspecified atom stereocenters. The Morgan fingerprint density at radius 1 is 1.00 bits per heavy atom. The molecule has 1 amide bonds. The first kappa shape index (κ1) is 13.4. The molecule has 108 valence electrons. The number of rotatable bonds is 2. The largest absolute Gasteiger partial charge is 0.381 e. The monoisotopic (exact) mass is 266 g/mol. The highest BCUT2D eigenvalue weighted by molar-refractivity contribution is 5.79.